The maximum atomic E-state index is 10.6. The fourth-order valence-electron chi connectivity index (χ4n) is 2.35. The van der Waals surface area contributed by atoms with Gasteiger partial charge in [-0.1, -0.05) is 41.9 Å². The molecule has 0 radical (unpaired) electrons. The fourth-order valence-corrected chi connectivity index (χ4v) is 2.35. The van der Waals surface area contributed by atoms with Crippen LogP contribution in [0.2, 0.25) is 0 Å². The van der Waals surface area contributed by atoms with Gasteiger partial charge >= 0.3 is 5.97 Å². The second-order valence-corrected chi connectivity index (χ2v) is 6.74. The number of carboxylic acids is 1. The minimum Gasteiger partial charge on any atom is -0.481 e. The van der Waals surface area contributed by atoms with E-state index in [0.717, 1.165) is 38.5 Å². The minimum absolute atomic E-state index is 0.263. The van der Waals surface area contributed by atoms with Crippen LogP contribution in [0, 0.1) is 5.92 Å². The molecule has 2 heteroatoms. The second kappa shape index (κ2) is 12.3. The van der Waals surface area contributed by atoms with Crippen LogP contribution in [0.1, 0.15) is 79.6 Å². The summed E-state index contributed by atoms with van der Waals surface area (Å²) >= 11 is 0. The van der Waals surface area contributed by atoms with Gasteiger partial charge in [0.1, 0.15) is 0 Å². The van der Waals surface area contributed by atoms with Gasteiger partial charge in [0.25, 0.3) is 0 Å². The number of allylic oxidation sites excluding steroid dienone is 6. The Morgan fingerprint density at radius 3 is 1.91 bits per heavy atom. The zero-order valence-corrected chi connectivity index (χ0v) is 15.1. The standard InChI is InChI=1S/C20H34O2/c1-16(2)9-6-10-17(3)11-7-12-18(4)13-8-14-19(5)15-20(21)22/h9,11,13,19H,6-8,10,12,14-15H2,1-5H3,(H,21,22)/b17-11+,18-13+/t19-/m0/s1. The molecule has 0 fully saturated rings. The van der Waals surface area contributed by atoms with Crippen molar-refractivity contribution in [2.45, 2.75) is 79.6 Å². The highest BCUT2D eigenvalue weighted by Crippen LogP contribution is 2.15. The third kappa shape index (κ3) is 13.7. The van der Waals surface area contributed by atoms with Crippen molar-refractivity contribution >= 4 is 5.97 Å². The molecule has 0 bridgehead atoms. The van der Waals surface area contributed by atoms with Crippen molar-refractivity contribution in [2.24, 2.45) is 5.92 Å². The first-order chi connectivity index (χ1) is 10.3. The summed E-state index contributed by atoms with van der Waals surface area (Å²) in [6, 6.07) is 0. The molecule has 0 rings (SSSR count). The quantitative estimate of drug-likeness (QED) is 0.455. The molecule has 0 heterocycles. The molecule has 22 heavy (non-hydrogen) atoms. The molecule has 0 aliphatic rings. The van der Waals surface area contributed by atoms with Crippen LogP contribution in [0.25, 0.3) is 0 Å². The Labute approximate surface area is 137 Å². The van der Waals surface area contributed by atoms with Crippen LogP contribution >= 0.6 is 0 Å². The van der Waals surface area contributed by atoms with Crippen LogP contribution in [0.5, 0.6) is 0 Å². The smallest absolute Gasteiger partial charge is 0.303 e. The van der Waals surface area contributed by atoms with Gasteiger partial charge in [-0.3, -0.25) is 4.79 Å². The lowest BCUT2D eigenvalue weighted by molar-refractivity contribution is -0.138. The topological polar surface area (TPSA) is 37.3 Å². The van der Waals surface area contributed by atoms with Crippen LogP contribution in [-0.2, 0) is 4.79 Å². The Balaban J connectivity index is 3.91. The molecule has 0 aromatic heterocycles. The van der Waals surface area contributed by atoms with E-state index in [1.165, 1.54) is 16.7 Å². The van der Waals surface area contributed by atoms with Gasteiger partial charge in [0, 0.05) is 6.42 Å². The summed E-state index contributed by atoms with van der Waals surface area (Å²) < 4.78 is 0. The lowest BCUT2D eigenvalue weighted by Gasteiger charge is -2.06. The predicted molar refractivity (Wildman–Crippen MR) is 96.1 cm³/mol. The Morgan fingerprint density at radius 1 is 0.909 bits per heavy atom. The first kappa shape index (κ1) is 20.7. The van der Waals surface area contributed by atoms with Gasteiger partial charge in [-0.05, 0) is 72.1 Å². The lowest BCUT2D eigenvalue weighted by Crippen LogP contribution is -2.03. The number of hydrogen-bond acceptors (Lipinski definition) is 1. The van der Waals surface area contributed by atoms with Crippen molar-refractivity contribution in [3.8, 4) is 0 Å². The van der Waals surface area contributed by atoms with Crippen molar-refractivity contribution in [2.75, 3.05) is 0 Å². The van der Waals surface area contributed by atoms with Crippen molar-refractivity contribution in [1.82, 2.24) is 0 Å². The van der Waals surface area contributed by atoms with E-state index in [-0.39, 0.29) is 12.3 Å². The van der Waals surface area contributed by atoms with E-state index >= 15 is 0 Å². The largest absolute Gasteiger partial charge is 0.481 e. The summed E-state index contributed by atoms with van der Waals surface area (Å²) in [5.74, 6) is -0.430. The van der Waals surface area contributed by atoms with Crippen LogP contribution in [0.4, 0.5) is 0 Å². The normalized spacial score (nSPS) is 13.9. The van der Waals surface area contributed by atoms with E-state index in [2.05, 4.69) is 45.9 Å². The summed E-state index contributed by atoms with van der Waals surface area (Å²) in [5, 5.41) is 8.73. The average molecular weight is 306 g/mol. The Bertz CT molecular complexity index is 409. The molecule has 0 saturated heterocycles. The molecule has 0 spiro atoms. The second-order valence-electron chi connectivity index (χ2n) is 6.74. The summed E-state index contributed by atoms with van der Waals surface area (Å²) in [5.41, 5.74) is 4.28. The molecule has 1 N–H and O–H groups in total. The highest BCUT2D eigenvalue weighted by molar-refractivity contribution is 5.66. The summed E-state index contributed by atoms with van der Waals surface area (Å²) in [6.45, 7) is 10.7. The molecule has 0 aliphatic carbocycles. The van der Waals surface area contributed by atoms with Crippen LogP contribution < -0.4 is 0 Å². The Morgan fingerprint density at radius 2 is 1.41 bits per heavy atom. The van der Waals surface area contributed by atoms with E-state index in [4.69, 9.17) is 5.11 Å². The summed E-state index contributed by atoms with van der Waals surface area (Å²) in [6.07, 6.45) is 13.6. The minimum atomic E-state index is -0.693. The van der Waals surface area contributed by atoms with Crippen molar-refractivity contribution in [3.63, 3.8) is 0 Å². The van der Waals surface area contributed by atoms with Crippen LogP contribution in [0.3, 0.4) is 0 Å². The van der Waals surface area contributed by atoms with Gasteiger partial charge in [0.2, 0.25) is 0 Å². The van der Waals surface area contributed by atoms with Crippen molar-refractivity contribution in [3.05, 3.63) is 34.9 Å². The summed E-state index contributed by atoms with van der Waals surface area (Å²) in [7, 11) is 0. The monoisotopic (exact) mass is 306 g/mol. The SMILES string of the molecule is CC(C)=CCC/C(C)=C/CC/C(C)=C/CC[C@H](C)CC(=O)O. The molecular formula is C20H34O2. The number of hydrogen-bond donors (Lipinski definition) is 1. The maximum absolute atomic E-state index is 10.6. The van der Waals surface area contributed by atoms with Gasteiger partial charge < -0.3 is 5.11 Å². The van der Waals surface area contributed by atoms with Gasteiger partial charge in [-0.15, -0.1) is 0 Å². The molecule has 0 saturated carbocycles. The number of aliphatic carboxylic acids is 1. The molecule has 0 amide bonds. The van der Waals surface area contributed by atoms with E-state index < -0.39 is 5.97 Å². The number of rotatable bonds is 11. The highest BCUT2D eigenvalue weighted by Gasteiger charge is 2.05. The molecule has 0 aromatic rings. The lowest BCUT2D eigenvalue weighted by atomic mass is 10.00. The fraction of sp³-hybridized carbons (Fsp3) is 0.650. The molecule has 2 nitrogen and oxygen atoms in total. The van der Waals surface area contributed by atoms with E-state index in [1.54, 1.807) is 0 Å². The first-order valence-corrected chi connectivity index (χ1v) is 8.47. The van der Waals surface area contributed by atoms with Gasteiger partial charge in [-0.25, -0.2) is 0 Å². The number of carboxylic acid groups (broad SMARTS) is 1. The van der Waals surface area contributed by atoms with E-state index in [0.29, 0.717) is 0 Å². The number of carbonyl (C=O) groups is 1. The zero-order chi connectivity index (χ0) is 17.0. The average Bonchev–Trinajstić information content (AvgIpc) is 2.37. The molecule has 0 aliphatic heterocycles. The molecule has 0 unspecified atom stereocenters. The van der Waals surface area contributed by atoms with Crippen LogP contribution in [0.15, 0.2) is 34.9 Å². The third-order valence-corrected chi connectivity index (χ3v) is 3.80. The molecule has 1 atom stereocenters. The first-order valence-electron chi connectivity index (χ1n) is 8.47. The van der Waals surface area contributed by atoms with E-state index in [1.807, 2.05) is 6.92 Å². The zero-order valence-electron chi connectivity index (χ0n) is 15.1. The molecular weight excluding hydrogens is 272 g/mol. The Hall–Kier alpha value is -1.31. The van der Waals surface area contributed by atoms with Crippen LogP contribution in [-0.4, -0.2) is 11.1 Å². The summed E-state index contributed by atoms with van der Waals surface area (Å²) in [4.78, 5) is 10.6. The predicted octanol–water partition coefficient (Wildman–Crippen LogP) is 6.30. The van der Waals surface area contributed by atoms with Gasteiger partial charge in [0.15, 0.2) is 0 Å². The van der Waals surface area contributed by atoms with Gasteiger partial charge in [0.05, 0.1) is 0 Å². The Kier molecular flexibility index (Phi) is 11.5. The highest BCUT2D eigenvalue weighted by atomic mass is 16.4. The molecule has 0 aromatic carbocycles. The van der Waals surface area contributed by atoms with Crippen molar-refractivity contribution < 1.29 is 9.90 Å². The maximum Gasteiger partial charge on any atom is 0.303 e. The molecule has 126 valence electrons. The third-order valence-electron chi connectivity index (χ3n) is 3.80. The van der Waals surface area contributed by atoms with E-state index in [9.17, 15) is 4.79 Å². The van der Waals surface area contributed by atoms with Crippen molar-refractivity contribution in [1.29, 1.82) is 0 Å². The van der Waals surface area contributed by atoms with Gasteiger partial charge in [-0.2, -0.15) is 0 Å².